The molecule has 2 unspecified atom stereocenters. The van der Waals surface area contributed by atoms with Crippen molar-refractivity contribution in [3.8, 4) is 11.8 Å². The number of primary amides is 1. The molecular weight excluding hydrogens is 458 g/mol. The van der Waals surface area contributed by atoms with Gasteiger partial charge in [-0.15, -0.1) is 0 Å². The summed E-state index contributed by atoms with van der Waals surface area (Å²) in [6, 6.07) is 19.7. The van der Waals surface area contributed by atoms with Crippen LogP contribution in [-0.2, 0) is 11.8 Å². The van der Waals surface area contributed by atoms with Gasteiger partial charge in [0, 0.05) is 7.05 Å². The van der Waals surface area contributed by atoms with Gasteiger partial charge in [-0.1, -0.05) is 48.5 Å². The fourth-order valence-corrected chi connectivity index (χ4v) is 4.53. The average Bonchev–Trinajstić information content (AvgIpc) is 3.32. The maximum atomic E-state index is 13.4. The van der Waals surface area contributed by atoms with Crippen molar-refractivity contribution in [2.75, 3.05) is 5.32 Å². The second-order valence-corrected chi connectivity index (χ2v) is 8.44. The number of anilines is 2. The lowest BCUT2D eigenvalue weighted by Crippen LogP contribution is -2.44. The number of fused-ring (bicyclic) bond motifs is 1. The summed E-state index contributed by atoms with van der Waals surface area (Å²) in [7, 11) is 1.77. The van der Waals surface area contributed by atoms with Crippen molar-refractivity contribution in [1.29, 1.82) is 5.26 Å². The third-order valence-corrected chi connectivity index (χ3v) is 6.38. The highest BCUT2D eigenvalue weighted by atomic mass is 16.1. The van der Waals surface area contributed by atoms with Crippen LogP contribution in [0.3, 0.4) is 0 Å². The Morgan fingerprint density at radius 3 is 2.36 bits per heavy atom. The molecule has 0 saturated carbocycles. The number of carbonyl (C=O) groups excluding carboxylic acids is 1. The Bertz CT molecular complexity index is 1610. The highest BCUT2D eigenvalue weighted by molar-refractivity contribution is 6.04. The molecule has 2 aromatic heterocycles. The van der Waals surface area contributed by atoms with Crippen molar-refractivity contribution < 1.29 is 4.79 Å². The summed E-state index contributed by atoms with van der Waals surface area (Å²) in [5, 5.41) is 17.6. The maximum absolute atomic E-state index is 13.4. The Labute approximate surface area is 205 Å². The van der Waals surface area contributed by atoms with E-state index in [2.05, 4.69) is 21.5 Å². The molecule has 11 heteroatoms. The van der Waals surface area contributed by atoms with Crippen LogP contribution in [0.2, 0.25) is 0 Å². The molecule has 0 radical (unpaired) electrons. The van der Waals surface area contributed by atoms with E-state index in [9.17, 15) is 14.9 Å². The largest absolute Gasteiger partial charge is 0.386 e. The fraction of sp³-hybridized carbons (Fsp3) is 0.160. The number of carbonyl (C=O) groups is 1. The summed E-state index contributed by atoms with van der Waals surface area (Å²) >= 11 is 0. The van der Waals surface area contributed by atoms with Crippen LogP contribution >= 0.6 is 0 Å². The number of aliphatic imine (C=N–C) groups is 1. The molecule has 0 aliphatic carbocycles. The van der Waals surface area contributed by atoms with Gasteiger partial charge in [-0.05, 0) is 24.6 Å². The molecule has 5 rings (SSSR count). The Morgan fingerprint density at radius 1 is 1.11 bits per heavy atom. The van der Waals surface area contributed by atoms with Crippen LogP contribution in [-0.4, -0.2) is 30.9 Å². The van der Waals surface area contributed by atoms with E-state index in [0.29, 0.717) is 11.4 Å². The number of benzene rings is 2. The van der Waals surface area contributed by atoms with Crippen LogP contribution in [0.4, 0.5) is 17.3 Å². The lowest BCUT2D eigenvalue weighted by molar-refractivity contribution is -0.120. The SMILES string of the molecule is Cc1c(Nc2nn3c(c2C#N)N=C(N)C(C(N)=O)C3c2ccccc2)c(=O)n(-c2ccccc2)n1C. The summed E-state index contributed by atoms with van der Waals surface area (Å²) in [5.74, 6) is -1.33. The summed E-state index contributed by atoms with van der Waals surface area (Å²) in [5.41, 5.74) is 13.9. The number of rotatable bonds is 5. The molecule has 3 heterocycles. The summed E-state index contributed by atoms with van der Waals surface area (Å²) in [4.78, 5) is 30.1. The lowest BCUT2D eigenvalue weighted by atomic mass is 9.90. The van der Waals surface area contributed by atoms with Gasteiger partial charge in [-0.25, -0.2) is 14.4 Å². The predicted molar refractivity (Wildman–Crippen MR) is 135 cm³/mol. The number of nitrogens with two attached hydrogens (primary N) is 2. The van der Waals surface area contributed by atoms with E-state index in [4.69, 9.17) is 11.5 Å². The molecule has 0 fully saturated rings. The number of aromatic nitrogens is 4. The highest BCUT2D eigenvalue weighted by Crippen LogP contribution is 2.40. The van der Waals surface area contributed by atoms with E-state index in [-0.39, 0.29) is 34.3 Å². The van der Waals surface area contributed by atoms with Gasteiger partial charge in [0.15, 0.2) is 11.6 Å². The number of hydrogen-bond acceptors (Lipinski definition) is 7. The first-order valence-electron chi connectivity index (χ1n) is 11.2. The molecule has 2 atom stereocenters. The van der Waals surface area contributed by atoms with E-state index in [1.165, 1.54) is 9.36 Å². The van der Waals surface area contributed by atoms with Gasteiger partial charge < -0.3 is 16.8 Å². The molecule has 2 aromatic carbocycles. The van der Waals surface area contributed by atoms with Crippen molar-refractivity contribution in [2.45, 2.75) is 13.0 Å². The number of nitriles is 1. The summed E-state index contributed by atoms with van der Waals surface area (Å²) in [6.07, 6.45) is 0. The average molecular weight is 482 g/mol. The van der Waals surface area contributed by atoms with Crippen LogP contribution in [0.5, 0.6) is 0 Å². The molecule has 0 bridgehead atoms. The van der Waals surface area contributed by atoms with Gasteiger partial charge in [0.05, 0.1) is 17.4 Å². The predicted octanol–water partition coefficient (Wildman–Crippen LogP) is 1.99. The summed E-state index contributed by atoms with van der Waals surface area (Å²) < 4.78 is 4.70. The zero-order chi connectivity index (χ0) is 25.6. The fourth-order valence-electron chi connectivity index (χ4n) is 4.53. The Morgan fingerprint density at radius 2 is 1.75 bits per heavy atom. The molecule has 11 nitrogen and oxygen atoms in total. The number of hydrogen-bond donors (Lipinski definition) is 3. The minimum Gasteiger partial charge on any atom is -0.386 e. The number of nitrogens with one attached hydrogen (secondary N) is 1. The quantitative estimate of drug-likeness (QED) is 0.395. The first-order chi connectivity index (χ1) is 17.3. The van der Waals surface area contributed by atoms with Crippen molar-refractivity contribution >= 4 is 29.1 Å². The van der Waals surface area contributed by atoms with Gasteiger partial charge in [-0.3, -0.25) is 14.3 Å². The van der Waals surface area contributed by atoms with Gasteiger partial charge in [0.25, 0.3) is 5.56 Å². The number of para-hydroxylation sites is 1. The smallest absolute Gasteiger partial charge is 0.295 e. The maximum Gasteiger partial charge on any atom is 0.295 e. The molecule has 0 spiro atoms. The van der Waals surface area contributed by atoms with Crippen LogP contribution in [0, 0.1) is 24.2 Å². The summed E-state index contributed by atoms with van der Waals surface area (Å²) in [6.45, 7) is 1.79. The molecule has 36 heavy (non-hydrogen) atoms. The molecule has 1 aliphatic rings. The Balaban J connectivity index is 1.66. The van der Waals surface area contributed by atoms with Crippen molar-refractivity contribution in [3.63, 3.8) is 0 Å². The van der Waals surface area contributed by atoms with E-state index < -0.39 is 17.9 Å². The third kappa shape index (κ3) is 3.43. The van der Waals surface area contributed by atoms with E-state index in [0.717, 1.165) is 5.56 Å². The Hall–Kier alpha value is -5.11. The molecule has 1 amide bonds. The number of amidine groups is 1. The second kappa shape index (κ2) is 8.59. The monoisotopic (exact) mass is 481 g/mol. The number of amides is 1. The van der Waals surface area contributed by atoms with Crippen LogP contribution < -0.4 is 22.3 Å². The standard InChI is InChI=1S/C25H23N9O2/c1-14-19(25(36)34(32(14)2)16-11-7-4-8-12-16)29-23-17(13-26)24-30-21(27)18(22(28)35)20(33(24)31-23)15-9-5-3-6-10-15/h3-12,18,20H,1-2H3,(H2,27,30)(H2,28,35)(H,29,31). The minimum atomic E-state index is -0.965. The van der Waals surface area contributed by atoms with E-state index in [1.807, 2.05) is 60.7 Å². The van der Waals surface area contributed by atoms with E-state index >= 15 is 0 Å². The normalized spacial score (nSPS) is 16.6. The van der Waals surface area contributed by atoms with Crippen LogP contribution in [0.1, 0.15) is 22.9 Å². The number of nitrogens with zero attached hydrogens (tertiary/aromatic N) is 6. The molecule has 5 N–H and O–H groups in total. The van der Waals surface area contributed by atoms with Gasteiger partial charge in [-0.2, -0.15) is 10.4 Å². The first-order valence-corrected chi connectivity index (χ1v) is 11.2. The second-order valence-electron chi connectivity index (χ2n) is 8.44. The zero-order valence-electron chi connectivity index (χ0n) is 19.6. The van der Waals surface area contributed by atoms with E-state index in [1.54, 1.807) is 18.7 Å². The molecule has 180 valence electrons. The van der Waals surface area contributed by atoms with Gasteiger partial charge in [0.2, 0.25) is 5.91 Å². The van der Waals surface area contributed by atoms with Crippen molar-refractivity contribution in [1.82, 2.24) is 19.1 Å². The highest BCUT2D eigenvalue weighted by Gasteiger charge is 2.40. The molecular formula is C25H23N9O2. The van der Waals surface area contributed by atoms with Crippen LogP contribution in [0.25, 0.3) is 5.69 Å². The Kier molecular flexibility index (Phi) is 5.41. The van der Waals surface area contributed by atoms with Crippen molar-refractivity contribution in [3.05, 3.63) is 87.8 Å². The topological polar surface area (TPSA) is 162 Å². The minimum absolute atomic E-state index is 0.00544. The lowest BCUT2D eigenvalue weighted by Gasteiger charge is -2.29. The zero-order valence-corrected chi connectivity index (χ0v) is 19.6. The van der Waals surface area contributed by atoms with Gasteiger partial charge >= 0.3 is 0 Å². The van der Waals surface area contributed by atoms with Crippen LogP contribution in [0.15, 0.2) is 70.5 Å². The molecule has 4 aromatic rings. The van der Waals surface area contributed by atoms with Gasteiger partial charge in [0.1, 0.15) is 29.1 Å². The molecule has 1 aliphatic heterocycles. The van der Waals surface area contributed by atoms with Crippen molar-refractivity contribution in [2.24, 2.45) is 29.4 Å². The third-order valence-electron chi connectivity index (χ3n) is 6.38. The molecule has 0 saturated heterocycles. The first kappa shape index (κ1) is 22.7.